The van der Waals surface area contributed by atoms with Crippen molar-refractivity contribution in [3.8, 4) is 11.5 Å². The Morgan fingerprint density at radius 3 is 2.62 bits per heavy atom. The SMILES string of the molecule is CCOc1ccc(/C=N\NC(=O)Cc2ccc(F)cc2)cc1OC. The highest BCUT2D eigenvalue weighted by atomic mass is 19.1. The molecule has 0 aromatic heterocycles. The first-order valence-corrected chi connectivity index (χ1v) is 7.49. The van der Waals surface area contributed by atoms with Crippen LogP contribution in [0.5, 0.6) is 11.5 Å². The van der Waals surface area contributed by atoms with E-state index < -0.39 is 0 Å². The van der Waals surface area contributed by atoms with Gasteiger partial charge in [-0.15, -0.1) is 0 Å². The normalized spacial score (nSPS) is 10.6. The molecule has 6 heteroatoms. The smallest absolute Gasteiger partial charge is 0.244 e. The third-order valence-electron chi connectivity index (χ3n) is 3.17. The molecule has 126 valence electrons. The third kappa shape index (κ3) is 5.08. The lowest BCUT2D eigenvalue weighted by atomic mass is 10.1. The van der Waals surface area contributed by atoms with Crippen molar-refractivity contribution in [1.29, 1.82) is 0 Å². The zero-order valence-electron chi connectivity index (χ0n) is 13.6. The Morgan fingerprint density at radius 1 is 1.21 bits per heavy atom. The van der Waals surface area contributed by atoms with Crippen LogP contribution in [0, 0.1) is 5.82 Å². The first-order chi connectivity index (χ1) is 11.6. The standard InChI is InChI=1S/C18H19FN2O3/c1-3-24-16-9-6-14(10-17(16)23-2)12-20-21-18(22)11-13-4-7-15(19)8-5-13/h4-10,12H,3,11H2,1-2H3,(H,21,22)/b20-12-. The van der Waals surface area contributed by atoms with Gasteiger partial charge >= 0.3 is 0 Å². The minimum atomic E-state index is -0.332. The Labute approximate surface area is 140 Å². The molecule has 2 rings (SSSR count). The fourth-order valence-corrected chi connectivity index (χ4v) is 2.05. The van der Waals surface area contributed by atoms with Gasteiger partial charge in [0.05, 0.1) is 26.4 Å². The molecule has 0 atom stereocenters. The maximum Gasteiger partial charge on any atom is 0.244 e. The summed E-state index contributed by atoms with van der Waals surface area (Å²) in [7, 11) is 1.56. The molecule has 0 unspecified atom stereocenters. The highest BCUT2D eigenvalue weighted by molar-refractivity contribution is 5.84. The Balaban J connectivity index is 1.93. The van der Waals surface area contributed by atoms with E-state index in [0.29, 0.717) is 23.7 Å². The molecule has 0 aliphatic rings. The predicted molar refractivity (Wildman–Crippen MR) is 90.0 cm³/mol. The largest absolute Gasteiger partial charge is 0.493 e. The van der Waals surface area contributed by atoms with Crippen molar-refractivity contribution in [2.75, 3.05) is 13.7 Å². The van der Waals surface area contributed by atoms with Crippen molar-refractivity contribution in [2.24, 2.45) is 5.10 Å². The number of nitrogens with one attached hydrogen (secondary N) is 1. The van der Waals surface area contributed by atoms with Crippen LogP contribution in [0.2, 0.25) is 0 Å². The van der Waals surface area contributed by atoms with Crippen LogP contribution >= 0.6 is 0 Å². The number of carbonyl (C=O) groups is 1. The second kappa shape index (κ2) is 8.67. The molecule has 0 bridgehead atoms. The average Bonchev–Trinajstić information content (AvgIpc) is 2.58. The molecule has 2 aromatic carbocycles. The molecule has 0 aliphatic carbocycles. The van der Waals surface area contributed by atoms with Crippen LogP contribution in [-0.4, -0.2) is 25.8 Å². The zero-order chi connectivity index (χ0) is 17.4. The van der Waals surface area contributed by atoms with Crippen LogP contribution in [-0.2, 0) is 11.2 Å². The molecule has 5 nitrogen and oxygen atoms in total. The molecule has 0 saturated carbocycles. The van der Waals surface area contributed by atoms with E-state index in [1.165, 1.54) is 18.3 Å². The number of nitrogens with zero attached hydrogens (tertiary/aromatic N) is 1. The summed E-state index contributed by atoms with van der Waals surface area (Å²) in [6.45, 7) is 2.44. The summed E-state index contributed by atoms with van der Waals surface area (Å²) < 4.78 is 23.5. The number of hydrazone groups is 1. The van der Waals surface area contributed by atoms with Gasteiger partial charge in [-0.25, -0.2) is 9.82 Å². The van der Waals surface area contributed by atoms with E-state index in [-0.39, 0.29) is 18.1 Å². The van der Waals surface area contributed by atoms with Crippen molar-refractivity contribution >= 4 is 12.1 Å². The molecular formula is C18H19FN2O3. The van der Waals surface area contributed by atoms with E-state index in [2.05, 4.69) is 10.5 Å². The molecule has 0 heterocycles. The summed E-state index contributed by atoms with van der Waals surface area (Å²) in [5.74, 6) is 0.633. The number of methoxy groups -OCH3 is 1. The van der Waals surface area contributed by atoms with Crippen molar-refractivity contribution in [2.45, 2.75) is 13.3 Å². The van der Waals surface area contributed by atoms with Gasteiger partial charge in [0, 0.05) is 0 Å². The molecule has 1 N–H and O–H groups in total. The quantitative estimate of drug-likeness (QED) is 0.627. The summed E-state index contributed by atoms with van der Waals surface area (Å²) in [5, 5.41) is 3.91. The Kier molecular flexibility index (Phi) is 6.31. The van der Waals surface area contributed by atoms with Gasteiger partial charge in [-0.05, 0) is 48.4 Å². The van der Waals surface area contributed by atoms with E-state index in [9.17, 15) is 9.18 Å². The van der Waals surface area contributed by atoms with Crippen molar-refractivity contribution in [3.05, 3.63) is 59.4 Å². The lowest BCUT2D eigenvalue weighted by molar-refractivity contribution is -0.120. The van der Waals surface area contributed by atoms with Gasteiger partial charge in [0.25, 0.3) is 0 Å². The van der Waals surface area contributed by atoms with Crippen LogP contribution < -0.4 is 14.9 Å². The van der Waals surface area contributed by atoms with Gasteiger partial charge in [0.15, 0.2) is 11.5 Å². The van der Waals surface area contributed by atoms with Crippen LogP contribution in [0.3, 0.4) is 0 Å². The topological polar surface area (TPSA) is 59.9 Å². The molecule has 24 heavy (non-hydrogen) atoms. The van der Waals surface area contributed by atoms with Crippen LogP contribution in [0.25, 0.3) is 0 Å². The van der Waals surface area contributed by atoms with Gasteiger partial charge in [0.1, 0.15) is 5.82 Å². The summed E-state index contributed by atoms with van der Waals surface area (Å²) in [6, 6.07) is 11.1. The summed E-state index contributed by atoms with van der Waals surface area (Å²) >= 11 is 0. The Morgan fingerprint density at radius 2 is 1.96 bits per heavy atom. The second-order valence-electron chi connectivity index (χ2n) is 4.94. The molecular weight excluding hydrogens is 311 g/mol. The van der Waals surface area contributed by atoms with Gasteiger partial charge in [0.2, 0.25) is 5.91 Å². The second-order valence-corrected chi connectivity index (χ2v) is 4.94. The Bertz CT molecular complexity index is 715. The van der Waals surface area contributed by atoms with Crippen molar-refractivity contribution in [3.63, 3.8) is 0 Å². The molecule has 1 amide bonds. The molecule has 0 radical (unpaired) electrons. The monoisotopic (exact) mass is 330 g/mol. The molecule has 0 fully saturated rings. The molecule has 2 aromatic rings. The van der Waals surface area contributed by atoms with E-state index >= 15 is 0 Å². The predicted octanol–water partition coefficient (Wildman–Crippen LogP) is 2.93. The number of rotatable bonds is 7. The van der Waals surface area contributed by atoms with Gasteiger partial charge < -0.3 is 9.47 Å². The summed E-state index contributed by atoms with van der Waals surface area (Å²) in [6.07, 6.45) is 1.64. The van der Waals surface area contributed by atoms with Gasteiger partial charge in [-0.1, -0.05) is 12.1 Å². The van der Waals surface area contributed by atoms with Crippen LogP contribution in [0.1, 0.15) is 18.1 Å². The van der Waals surface area contributed by atoms with Crippen molar-refractivity contribution < 1.29 is 18.7 Å². The minimum Gasteiger partial charge on any atom is -0.493 e. The number of hydrogen-bond acceptors (Lipinski definition) is 4. The van der Waals surface area contributed by atoms with Crippen LogP contribution in [0.15, 0.2) is 47.6 Å². The molecule has 0 spiro atoms. The van der Waals surface area contributed by atoms with E-state index in [1.807, 2.05) is 13.0 Å². The lowest BCUT2D eigenvalue weighted by Crippen LogP contribution is -2.19. The first-order valence-electron chi connectivity index (χ1n) is 7.49. The maximum atomic E-state index is 12.8. The number of hydrogen-bond donors (Lipinski definition) is 1. The molecule has 0 saturated heterocycles. The Hall–Kier alpha value is -2.89. The fraction of sp³-hybridized carbons (Fsp3) is 0.222. The van der Waals surface area contributed by atoms with Gasteiger partial charge in [-0.2, -0.15) is 5.10 Å². The maximum absolute atomic E-state index is 12.8. The zero-order valence-corrected chi connectivity index (χ0v) is 13.6. The average molecular weight is 330 g/mol. The summed E-state index contributed by atoms with van der Waals surface area (Å²) in [4.78, 5) is 11.8. The highest BCUT2D eigenvalue weighted by Gasteiger charge is 2.05. The first kappa shape index (κ1) is 17.5. The van der Waals surface area contributed by atoms with E-state index in [1.54, 1.807) is 31.4 Å². The van der Waals surface area contributed by atoms with E-state index in [4.69, 9.17) is 9.47 Å². The van der Waals surface area contributed by atoms with Gasteiger partial charge in [-0.3, -0.25) is 4.79 Å². The third-order valence-corrected chi connectivity index (χ3v) is 3.17. The summed E-state index contributed by atoms with van der Waals surface area (Å²) in [5.41, 5.74) is 3.91. The number of ether oxygens (including phenoxy) is 2. The van der Waals surface area contributed by atoms with Crippen LogP contribution in [0.4, 0.5) is 4.39 Å². The van der Waals surface area contributed by atoms with Crippen molar-refractivity contribution in [1.82, 2.24) is 5.43 Å². The lowest BCUT2D eigenvalue weighted by Gasteiger charge is -2.09. The number of halogens is 1. The fourth-order valence-electron chi connectivity index (χ4n) is 2.05. The number of carbonyl (C=O) groups excluding carboxylic acids is 1. The molecule has 0 aliphatic heterocycles. The highest BCUT2D eigenvalue weighted by Crippen LogP contribution is 2.27. The van der Waals surface area contributed by atoms with E-state index in [0.717, 1.165) is 5.56 Å². The number of benzene rings is 2. The minimum absolute atomic E-state index is 0.129. The number of amides is 1.